The highest BCUT2D eigenvalue weighted by molar-refractivity contribution is 5.97. The van der Waals surface area contributed by atoms with E-state index in [0.29, 0.717) is 19.3 Å². The van der Waals surface area contributed by atoms with Gasteiger partial charge >= 0.3 is 0 Å². The monoisotopic (exact) mass is 247 g/mol. The van der Waals surface area contributed by atoms with Crippen LogP contribution in [0.5, 0.6) is 0 Å². The molecule has 1 aliphatic rings. The molecule has 1 fully saturated rings. The molecular formula is C13H17N3O2. The Labute approximate surface area is 106 Å². The van der Waals surface area contributed by atoms with E-state index in [1.54, 1.807) is 6.20 Å². The molecule has 2 amide bonds. The third-order valence-electron chi connectivity index (χ3n) is 2.90. The lowest BCUT2D eigenvalue weighted by atomic mass is 10.1. The number of carbonyl (C=O) groups excluding carboxylic acids is 2. The van der Waals surface area contributed by atoms with Crippen molar-refractivity contribution in [2.75, 3.05) is 11.9 Å². The van der Waals surface area contributed by atoms with Crippen LogP contribution in [-0.2, 0) is 16.1 Å². The first kappa shape index (κ1) is 12.5. The Hall–Kier alpha value is -1.91. The van der Waals surface area contributed by atoms with E-state index in [1.807, 2.05) is 19.1 Å². The number of nitrogens with zero attached hydrogens (tertiary/aromatic N) is 2. The molecule has 0 aromatic carbocycles. The average molecular weight is 247 g/mol. The number of rotatable bonds is 4. The van der Waals surface area contributed by atoms with Gasteiger partial charge in [-0.2, -0.15) is 0 Å². The zero-order valence-corrected chi connectivity index (χ0v) is 10.5. The van der Waals surface area contributed by atoms with Crippen molar-refractivity contribution < 1.29 is 9.59 Å². The van der Waals surface area contributed by atoms with Crippen LogP contribution in [-0.4, -0.2) is 28.2 Å². The lowest BCUT2D eigenvalue weighted by Gasteiger charge is -2.24. The lowest BCUT2D eigenvalue weighted by Crippen LogP contribution is -2.39. The fraction of sp³-hybridized carbons (Fsp3) is 0.462. The van der Waals surface area contributed by atoms with Crippen molar-refractivity contribution in [3.63, 3.8) is 0 Å². The van der Waals surface area contributed by atoms with Crippen molar-refractivity contribution in [3.8, 4) is 0 Å². The summed E-state index contributed by atoms with van der Waals surface area (Å²) >= 11 is 0. The van der Waals surface area contributed by atoms with Crippen LogP contribution in [0.25, 0.3) is 0 Å². The van der Waals surface area contributed by atoms with Crippen LogP contribution in [0.15, 0.2) is 18.3 Å². The predicted octanol–water partition coefficient (Wildman–Crippen LogP) is 1.55. The molecule has 2 rings (SSSR count). The maximum atomic E-state index is 11.7. The van der Waals surface area contributed by atoms with E-state index in [0.717, 1.165) is 17.9 Å². The van der Waals surface area contributed by atoms with Crippen molar-refractivity contribution in [1.29, 1.82) is 0 Å². The smallest absolute Gasteiger partial charge is 0.229 e. The van der Waals surface area contributed by atoms with Gasteiger partial charge in [0, 0.05) is 31.3 Å². The second kappa shape index (κ2) is 5.62. The Balaban J connectivity index is 2.10. The van der Waals surface area contributed by atoms with Gasteiger partial charge in [-0.15, -0.1) is 0 Å². The third-order valence-corrected chi connectivity index (χ3v) is 2.90. The van der Waals surface area contributed by atoms with E-state index in [-0.39, 0.29) is 18.4 Å². The van der Waals surface area contributed by atoms with Gasteiger partial charge in [-0.1, -0.05) is 0 Å². The van der Waals surface area contributed by atoms with Crippen molar-refractivity contribution in [3.05, 3.63) is 24.0 Å². The Morgan fingerprint density at radius 3 is 2.72 bits per heavy atom. The van der Waals surface area contributed by atoms with Crippen LogP contribution >= 0.6 is 0 Å². The summed E-state index contributed by atoms with van der Waals surface area (Å²) in [6.07, 6.45) is 3.27. The molecule has 0 spiro atoms. The lowest BCUT2D eigenvalue weighted by molar-refractivity contribution is -0.148. The molecule has 1 aliphatic heterocycles. The number of carbonyl (C=O) groups is 2. The summed E-state index contributed by atoms with van der Waals surface area (Å²) in [5.74, 6) is -0.191. The number of anilines is 1. The summed E-state index contributed by atoms with van der Waals surface area (Å²) in [6.45, 7) is 3.11. The summed E-state index contributed by atoms with van der Waals surface area (Å²) in [6, 6.07) is 3.74. The fourth-order valence-electron chi connectivity index (χ4n) is 2.02. The highest BCUT2D eigenvalue weighted by Crippen LogP contribution is 2.16. The van der Waals surface area contributed by atoms with Crippen molar-refractivity contribution >= 4 is 17.5 Å². The van der Waals surface area contributed by atoms with Gasteiger partial charge in [0.2, 0.25) is 11.8 Å². The largest absolute Gasteiger partial charge is 0.385 e. The molecule has 1 saturated heterocycles. The van der Waals surface area contributed by atoms with Gasteiger partial charge in [0.15, 0.2) is 0 Å². The van der Waals surface area contributed by atoms with Crippen LogP contribution in [0.3, 0.4) is 0 Å². The number of nitrogens with one attached hydrogen (secondary N) is 1. The zero-order valence-electron chi connectivity index (χ0n) is 10.5. The molecule has 1 N–H and O–H groups in total. The molecule has 2 heterocycles. The molecule has 0 aliphatic carbocycles. The highest BCUT2D eigenvalue weighted by Gasteiger charge is 2.26. The first-order chi connectivity index (χ1) is 8.70. The quantitative estimate of drug-likeness (QED) is 0.820. The standard InChI is InChI=1S/C13H17N3O2/c1-2-14-10-6-7-15-11(8-10)9-16-12(17)4-3-5-13(16)18/h6-8H,2-5,9H2,1H3,(H,14,15). The topological polar surface area (TPSA) is 62.3 Å². The van der Waals surface area contributed by atoms with E-state index in [4.69, 9.17) is 0 Å². The van der Waals surface area contributed by atoms with Gasteiger partial charge in [-0.25, -0.2) is 0 Å². The van der Waals surface area contributed by atoms with E-state index < -0.39 is 0 Å². The molecule has 0 bridgehead atoms. The van der Waals surface area contributed by atoms with Gasteiger partial charge in [-0.05, 0) is 25.5 Å². The van der Waals surface area contributed by atoms with E-state index in [2.05, 4.69) is 10.3 Å². The van der Waals surface area contributed by atoms with Gasteiger partial charge in [0.25, 0.3) is 0 Å². The summed E-state index contributed by atoms with van der Waals surface area (Å²) in [4.78, 5) is 28.9. The number of aromatic nitrogens is 1. The molecule has 0 atom stereocenters. The van der Waals surface area contributed by atoms with Crippen LogP contribution in [0.4, 0.5) is 5.69 Å². The molecule has 0 unspecified atom stereocenters. The van der Waals surface area contributed by atoms with Crippen molar-refractivity contribution in [2.24, 2.45) is 0 Å². The van der Waals surface area contributed by atoms with Crippen molar-refractivity contribution in [1.82, 2.24) is 9.88 Å². The zero-order chi connectivity index (χ0) is 13.0. The summed E-state index contributed by atoms with van der Waals surface area (Å²) in [5, 5.41) is 3.18. The Morgan fingerprint density at radius 2 is 2.06 bits per heavy atom. The second-order valence-electron chi connectivity index (χ2n) is 4.29. The third kappa shape index (κ3) is 2.85. The van der Waals surface area contributed by atoms with Crippen LogP contribution < -0.4 is 5.32 Å². The highest BCUT2D eigenvalue weighted by atomic mass is 16.2. The van der Waals surface area contributed by atoms with Crippen LogP contribution in [0.1, 0.15) is 31.9 Å². The van der Waals surface area contributed by atoms with Crippen LogP contribution in [0.2, 0.25) is 0 Å². The normalized spacial score (nSPS) is 15.9. The molecule has 96 valence electrons. The van der Waals surface area contributed by atoms with Gasteiger partial charge in [-0.3, -0.25) is 19.5 Å². The van der Waals surface area contributed by atoms with Gasteiger partial charge < -0.3 is 5.32 Å². The van der Waals surface area contributed by atoms with Crippen LogP contribution in [0, 0.1) is 0 Å². The van der Waals surface area contributed by atoms with Gasteiger partial charge in [0.1, 0.15) is 0 Å². The van der Waals surface area contributed by atoms with E-state index >= 15 is 0 Å². The molecule has 18 heavy (non-hydrogen) atoms. The minimum Gasteiger partial charge on any atom is -0.385 e. The Bertz CT molecular complexity index is 443. The summed E-state index contributed by atoms with van der Waals surface area (Å²) < 4.78 is 0. The number of amides is 2. The van der Waals surface area contributed by atoms with Crippen molar-refractivity contribution in [2.45, 2.75) is 32.7 Å². The number of likely N-dealkylation sites (tertiary alicyclic amines) is 1. The molecule has 5 nitrogen and oxygen atoms in total. The number of hydrogen-bond donors (Lipinski definition) is 1. The molecular weight excluding hydrogens is 230 g/mol. The SMILES string of the molecule is CCNc1ccnc(CN2C(=O)CCCC2=O)c1. The maximum absolute atomic E-state index is 11.7. The minimum absolute atomic E-state index is 0.0955. The minimum atomic E-state index is -0.0955. The maximum Gasteiger partial charge on any atom is 0.229 e. The number of imide groups is 1. The number of hydrogen-bond acceptors (Lipinski definition) is 4. The molecule has 5 heteroatoms. The summed E-state index contributed by atoms with van der Waals surface area (Å²) in [7, 11) is 0. The number of pyridine rings is 1. The second-order valence-corrected chi connectivity index (χ2v) is 4.29. The Morgan fingerprint density at radius 1 is 1.33 bits per heavy atom. The first-order valence-electron chi connectivity index (χ1n) is 6.22. The first-order valence-corrected chi connectivity index (χ1v) is 6.22. The van der Waals surface area contributed by atoms with E-state index in [1.165, 1.54) is 4.90 Å². The van der Waals surface area contributed by atoms with E-state index in [9.17, 15) is 9.59 Å². The molecule has 0 saturated carbocycles. The van der Waals surface area contributed by atoms with Gasteiger partial charge in [0.05, 0.1) is 12.2 Å². The summed E-state index contributed by atoms with van der Waals surface area (Å²) in [5.41, 5.74) is 1.69. The average Bonchev–Trinajstić information content (AvgIpc) is 2.35. The predicted molar refractivity (Wildman–Crippen MR) is 67.8 cm³/mol. The Kier molecular flexibility index (Phi) is 3.92. The molecule has 1 aromatic rings. The molecule has 1 aromatic heterocycles. The number of piperidine rings is 1. The molecule has 0 radical (unpaired) electrons. The fourth-order valence-corrected chi connectivity index (χ4v) is 2.02.